The van der Waals surface area contributed by atoms with Crippen molar-refractivity contribution >= 4 is 16.5 Å². The standard InChI is InChI=1S/C17H12N4OS/c18-17-21-14(16(23-17)12-3-8-20-9-4-12)15-13(5-10-22-15)11-1-6-19-7-2-11/h1-10H,(H2,18,21). The summed E-state index contributed by atoms with van der Waals surface area (Å²) in [4.78, 5) is 13.6. The van der Waals surface area contributed by atoms with Crippen LogP contribution in [0.15, 0.2) is 65.8 Å². The van der Waals surface area contributed by atoms with Crippen molar-refractivity contribution in [2.24, 2.45) is 0 Å². The number of nitrogen functional groups attached to an aromatic ring is 1. The van der Waals surface area contributed by atoms with Crippen molar-refractivity contribution in [2.75, 3.05) is 5.73 Å². The van der Waals surface area contributed by atoms with E-state index >= 15 is 0 Å². The highest BCUT2D eigenvalue weighted by atomic mass is 32.1. The van der Waals surface area contributed by atoms with Crippen molar-refractivity contribution in [1.82, 2.24) is 15.0 Å². The molecule has 2 N–H and O–H groups in total. The SMILES string of the molecule is Nc1nc(-c2occc2-c2ccncc2)c(-c2ccncc2)s1. The van der Waals surface area contributed by atoms with Crippen LogP contribution in [0.5, 0.6) is 0 Å². The third-order valence-corrected chi connectivity index (χ3v) is 4.39. The smallest absolute Gasteiger partial charge is 0.181 e. The van der Waals surface area contributed by atoms with Gasteiger partial charge in [-0.25, -0.2) is 4.98 Å². The molecule has 0 amide bonds. The van der Waals surface area contributed by atoms with Gasteiger partial charge in [0, 0.05) is 30.4 Å². The van der Waals surface area contributed by atoms with Crippen LogP contribution in [0.2, 0.25) is 0 Å². The average Bonchev–Trinajstić information content (AvgIpc) is 3.22. The van der Waals surface area contributed by atoms with Gasteiger partial charge in [-0.3, -0.25) is 9.97 Å². The number of thiazole rings is 1. The van der Waals surface area contributed by atoms with Crippen LogP contribution in [0.25, 0.3) is 33.0 Å². The summed E-state index contributed by atoms with van der Waals surface area (Å²) in [5.41, 5.74) is 9.70. The second kappa shape index (κ2) is 5.66. The third-order valence-electron chi connectivity index (χ3n) is 3.46. The van der Waals surface area contributed by atoms with Crippen LogP contribution >= 0.6 is 11.3 Å². The van der Waals surface area contributed by atoms with Crippen LogP contribution < -0.4 is 5.73 Å². The zero-order valence-corrected chi connectivity index (χ0v) is 12.8. The van der Waals surface area contributed by atoms with E-state index in [1.165, 1.54) is 11.3 Å². The predicted octanol–water partition coefficient (Wildman–Crippen LogP) is 4.11. The first-order chi connectivity index (χ1) is 11.3. The van der Waals surface area contributed by atoms with Crippen LogP contribution in [0.1, 0.15) is 0 Å². The second-order valence-corrected chi connectivity index (χ2v) is 5.90. The minimum absolute atomic E-state index is 0.504. The molecule has 0 spiro atoms. The number of hydrogen-bond acceptors (Lipinski definition) is 6. The molecule has 112 valence electrons. The Morgan fingerprint density at radius 3 is 2.22 bits per heavy atom. The van der Waals surface area contributed by atoms with Gasteiger partial charge in [0.05, 0.1) is 11.1 Å². The Morgan fingerprint density at radius 1 is 0.870 bits per heavy atom. The Morgan fingerprint density at radius 2 is 1.52 bits per heavy atom. The molecule has 0 saturated heterocycles. The maximum absolute atomic E-state index is 5.95. The minimum Gasteiger partial charge on any atom is -0.462 e. The van der Waals surface area contributed by atoms with Gasteiger partial charge in [-0.2, -0.15) is 0 Å². The highest BCUT2D eigenvalue weighted by Gasteiger charge is 2.20. The van der Waals surface area contributed by atoms with E-state index in [4.69, 9.17) is 10.2 Å². The fraction of sp³-hybridized carbons (Fsp3) is 0. The van der Waals surface area contributed by atoms with Gasteiger partial charge in [-0.05, 0) is 41.5 Å². The molecule has 4 heterocycles. The molecule has 5 nitrogen and oxygen atoms in total. The summed E-state index contributed by atoms with van der Waals surface area (Å²) in [7, 11) is 0. The molecule has 0 aliphatic rings. The monoisotopic (exact) mass is 320 g/mol. The van der Waals surface area contributed by atoms with Crippen LogP contribution in [-0.2, 0) is 0 Å². The van der Waals surface area contributed by atoms with Gasteiger partial charge >= 0.3 is 0 Å². The van der Waals surface area contributed by atoms with Gasteiger partial charge in [0.25, 0.3) is 0 Å². The second-order valence-electron chi connectivity index (χ2n) is 4.87. The van der Waals surface area contributed by atoms with Gasteiger partial charge in [0.15, 0.2) is 10.9 Å². The summed E-state index contributed by atoms with van der Waals surface area (Å²) in [6.45, 7) is 0. The first kappa shape index (κ1) is 13.7. The van der Waals surface area contributed by atoms with Crippen LogP contribution in [0, 0.1) is 0 Å². The molecule has 0 atom stereocenters. The van der Waals surface area contributed by atoms with Gasteiger partial charge < -0.3 is 10.2 Å². The quantitative estimate of drug-likeness (QED) is 0.614. The Labute approximate surface area is 136 Å². The highest BCUT2D eigenvalue weighted by Crippen LogP contribution is 2.41. The molecular formula is C17H12N4OS. The fourth-order valence-electron chi connectivity index (χ4n) is 2.44. The number of anilines is 1. The molecule has 4 aromatic heterocycles. The number of rotatable bonds is 3. The lowest BCUT2D eigenvalue weighted by Gasteiger charge is -2.03. The molecule has 23 heavy (non-hydrogen) atoms. The van der Waals surface area contributed by atoms with Gasteiger partial charge in [-0.15, -0.1) is 0 Å². The molecule has 0 radical (unpaired) electrons. The first-order valence-electron chi connectivity index (χ1n) is 6.98. The lowest BCUT2D eigenvalue weighted by atomic mass is 10.0. The average molecular weight is 320 g/mol. The lowest BCUT2D eigenvalue weighted by Crippen LogP contribution is -1.86. The van der Waals surface area contributed by atoms with E-state index in [2.05, 4.69) is 15.0 Å². The van der Waals surface area contributed by atoms with Crippen molar-refractivity contribution < 1.29 is 4.42 Å². The summed E-state index contributed by atoms with van der Waals surface area (Å²) >= 11 is 1.44. The van der Waals surface area contributed by atoms with Crippen LogP contribution in [0.4, 0.5) is 5.13 Å². The van der Waals surface area contributed by atoms with E-state index in [1.807, 2.05) is 30.3 Å². The largest absolute Gasteiger partial charge is 0.462 e. The maximum atomic E-state index is 5.95. The molecule has 0 aromatic carbocycles. The summed E-state index contributed by atoms with van der Waals surface area (Å²) in [5, 5.41) is 0.504. The minimum atomic E-state index is 0.504. The number of furan rings is 1. The molecule has 4 aromatic rings. The molecule has 0 fully saturated rings. The molecule has 0 saturated carbocycles. The van der Waals surface area contributed by atoms with Gasteiger partial charge in [0.1, 0.15) is 5.69 Å². The molecule has 0 aliphatic carbocycles. The summed E-state index contributed by atoms with van der Waals surface area (Å²) in [6, 6.07) is 9.68. The first-order valence-corrected chi connectivity index (χ1v) is 7.79. The van der Waals surface area contributed by atoms with Crippen molar-refractivity contribution in [3.05, 3.63) is 61.4 Å². The molecule has 4 rings (SSSR count). The Balaban J connectivity index is 1.89. The number of hydrogen-bond donors (Lipinski definition) is 1. The van der Waals surface area contributed by atoms with Crippen molar-refractivity contribution in [2.45, 2.75) is 0 Å². The molecule has 6 heteroatoms. The van der Waals surface area contributed by atoms with Crippen LogP contribution in [0.3, 0.4) is 0 Å². The zero-order chi connectivity index (χ0) is 15.6. The topological polar surface area (TPSA) is 77.8 Å². The Kier molecular flexibility index (Phi) is 3.36. The third kappa shape index (κ3) is 2.49. The molecule has 0 aliphatic heterocycles. The maximum Gasteiger partial charge on any atom is 0.181 e. The normalized spacial score (nSPS) is 10.8. The van der Waals surface area contributed by atoms with E-state index in [0.29, 0.717) is 10.9 Å². The van der Waals surface area contributed by atoms with E-state index in [9.17, 15) is 0 Å². The number of pyridine rings is 2. The van der Waals surface area contributed by atoms with E-state index in [-0.39, 0.29) is 0 Å². The lowest BCUT2D eigenvalue weighted by molar-refractivity contribution is 0.581. The Bertz CT molecular complexity index is 932. The number of aromatic nitrogens is 3. The van der Waals surface area contributed by atoms with Crippen molar-refractivity contribution in [3.8, 4) is 33.0 Å². The van der Waals surface area contributed by atoms with E-state index in [0.717, 1.165) is 27.3 Å². The molecule has 0 unspecified atom stereocenters. The molecule has 0 bridgehead atoms. The zero-order valence-electron chi connectivity index (χ0n) is 12.0. The van der Waals surface area contributed by atoms with E-state index < -0.39 is 0 Å². The van der Waals surface area contributed by atoms with Crippen LogP contribution in [-0.4, -0.2) is 15.0 Å². The fourth-order valence-corrected chi connectivity index (χ4v) is 3.28. The van der Waals surface area contributed by atoms with E-state index in [1.54, 1.807) is 31.1 Å². The number of nitrogens with zero attached hydrogens (tertiary/aromatic N) is 3. The summed E-state index contributed by atoms with van der Waals surface area (Å²) < 4.78 is 5.73. The summed E-state index contributed by atoms with van der Waals surface area (Å²) in [5.74, 6) is 0.705. The van der Waals surface area contributed by atoms with Crippen molar-refractivity contribution in [1.29, 1.82) is 0 Å². The van der Waals surface area contributed by atoms with Gasteiger partial charge in [0.2, 0.25) is 0 Å². The molecular weight excluding hydrogens is 308 g/mol. The highest BCUT2D eigenvalue weighted by molar-refractivity contribution is 7.19. The van der Waals surface area contributed by atoms with Crippen molar-refractivity contribution in [3.63, 3.8) is 0 Å². The number of nitrogens with two attached hydrogens (primary N) is 1. The van der Waals surface area contributed by atoms with Gasteiger partial charge in [-0.1, -0.05) is 11.3 Å². The summed E-state index contributed by atoms with van der Waals surface area (Å²) in [6.07, 6.45) is 8.68. The predicted molar refractivity (Wildman–Crippen MR) is 90.7 cm³/mol. The Hall–Kier alpha value is -2.99.